The number of thiazole rings is 1. The predicted molar refractivity (Wildman–Crippen MR) is 101 cm³/mol. The summed E-state index contributed by atoms with van der Waals surface area (Å²) in [7, 11) is 1.41. The van der Waals surface area contributed by atoms with E-state index in [0.717, 1.165) is 18.5 Å². The van der Waals surface area contributed by atoms with Crippen molar-refractivity contribution in [1.29, 1.82) is 0 Å². The number of nitrogens with zero attached hydrogens (tertiary/aromatic N) is 5. The second kappa shape index (κ2) is 6.37. The molecule has 0 spiro atoms. The summed E-state index contributed by atoms with van der Waals surface area (Å²) < 4.78 is 6.92. The lowest BCUT2D eigenvalue weighted by atomic mass is 9.71. The molecule has 3 atom stereocenters. The van der Waals surface area contributed by atoms with Crippen molar-refractivity contribution in [3.63, 3.8) is 0 Å². The van der Waals surface area contributed by atoms with E-state index in [-0.39, 0.29) is 24.0 Å². The first-order chi connectivity index (χ1) is 13.6. The molecule has 28 heavy (non-hydrogen) atoms. The third-order valence-electron chi connectivity index (χ3n) is 6.00. The highest BCUT2D eigenvalue weighted by atomic mass is 32.1. The van der Waals surface area contributed by atoms with Crippen molar-refractivity contribution >= 4 is 29.0 Å². The fourth-order valence-corrected chi connectivity index (χ4v) is 5.45. The SMILES string of the molecule is COC(=O)[C@@]1(Cc2cscn2)C[C@H]2CC[C@@H]1N2C(=O)c1cn2cccnc2n1. The normalized spacial score (nSPS) is 26.1. The number of aromatic nitrogens is 4. The topological polar surface area (TPSA) is 89.7 Å². The van der Waals surface area contributed by atoms with Crippen molar-refractivity contribution in [2.75, 3.05) is 7.11 Å². The first-order valence-electron chi connectivity index (χ1n) is 9.20. The Balaban J connectivity index is 1.51. The van der Waals surface area contributed by atoms with Crippen LogP contribution in [0.1, 0.15) is 35.4 Å². The van der Waals surface area contributed by atoms with Gasteiger partial charge in [-0.05, 0) is 25.3 Å². The summed E-state index contributed by atoms with van der Waals surface area (Å²) >= 11 is 1.50. The minimum absolute atomic E-state index is 0.00741. The average molecular weight is 397 g/mol. The second-order valence-corrected chi connectivity index (χ2v) is 8.14. The number of esters is 1. The van der Waals surface area contributed by atoms with Gasteiger partial charge in [0.2, 0.25) is 5.78 Å². The van der Waals surface area contributed by atoms with Gasteiger partial charge in [0.1, 0.15) is 5.69 Å². The zero-order valence-electron chi connectivity index (χ0n) is 15.3. The molecule has 9 heteroatoms. The highest BCUT2D eigenvalue weighted by molar-refractivity contribution is 7.07. The first-order valence-corrected chi connectivity index (χ1v) is 10.1. The molecule has 2 fully saturated rings. The van der Waals surface area contributed by atoms with Crippen molar-refractivity contribution in [2.24, 2.45) is 5.41 Å². The monoisotopic (exact) mass is 397 g/mol. The molecule has 0 N–H and O–H groups in total. The Labute approximate surface area is 165 Å². The summed E-state index contributed by atoms with van der Waals surface area (Å²) in [5.41, 5.74) is 2.23. The van der Waals surface area contributed by atoms with Gasteiger partial charge < -0.3 is 9.64 Å². The lowest BCUT2D eigenvalue weighted by molar-refractivity contribution is -0.154. The molecule has 5 heterocycles. The maximum absolute atomic E-state index is 13.3. The molecule has 1 amide bonds. The second-order valence-electron chi connectivity index (χ2n) is 7.42. The largest absolute Gasteiger partial charge is 0.469 e. The van der Waals surface area contributed by atoms with Crippen LogP contribution in [0.4, 0.5) is 0 Å². The predicted octanol–water partition coefficient (Wildman–Crippen LogP) is 1.96. The first kappa shape index (κ1) is 17.3. The van der Waals surface area contributed by atoms with Crippen molar-refractivity contribution in [3.05, 3.63) is 46.9 Å². The molecule has 0 saturated carbocycles. The Kier molecular flexibility index (Phi) is 3.94. The Morgan fingerprint density at radius 1 is 1.36 bits per heavy atom. The quantitative estimate of drug-likeness (QED) is 0.625. The van der Waals surface area contributed by atoms with E-state index in [1.165, 1.54) is 18.4 Å². The average Bonchev–Trinajstić information content (AvgIpc) is 3.49. The van der Waals surface area contributed by atoms with Crippen molar-refractivity contribution < 1.29 is 14.3 Å². The summed E-state index contributed by atoms with van der Waals surface area (Å²) in [5, 5.41) is 1.95. The van der Waals surface area contributed by atoms with Gasteiger partial charge in [-0.1, -0.05) is 0 Å². The molecule has 2 bridgehead atoms. The number of carbonyl (C=O) groups excluding carboxylic acids is 2. The summed E-state index contributed by atoms with van der Waals surface area (Å²) in [6.07, 6.45) is 7.90. The number of hydrogen-bond acceptors (Lipinski definition) is 7. The maximum atomic E-state index is 13.3. The number of carbonyl (C=O) groups is 2. The standard InChI is InChI=1S/C19H19N5O3S/c1-27-17(26)19(7-12-10-28-11-21-12)8-13-3-4-15(19)24(13)16(25)14-9-23-6-2-5-20-18(23)22-14/h2,5-6,9-11,13,15H,3-4,7-8H2,1H3/t13-,15+,19+/m1/s1. The van der Waals surface area contributed by atoms with Gasteiger partial charge >= 0.3 is 5.97 Å². The molecule has 8 nitrogen and oxygen atoms in total. The molecule has 2 aliphatic rings. The van der Waals surface area contributed by atoms with E-state index in [0.29, 0.717) is 24.3 Å². The van der Waals surface area contributed by atoms with Crippen LogP contribution in [-0.2, 0) is 16.0 Å². The van der Waals surface area contributed by atoms with Crippen LogP contribution >= 0.6 is 11.3 Å². The number of amides is 1. The minimum atomic E-state index is -0.751. The molecule has 2 aliphatic heterocycles. The molecular formula is C19H19N5O3S. The van der Waals surface area contributed by atoms with Gasteiger partial charge in [0, 0.05) is 42.5 Å². The molecule has 0 radical (unpaired) electrons. The highest BCUT2D eigenvalue weighted by Gasteiger charge is 2.62. The lowest BCUT2D eigenvalue weighted by Crippen LogP contribution is -2.47. The molecule has 3 aromatic heterocycles. The highest BCUT2D eigenvalue weighted by Crippen LogP contribution is 2.52. The smallest absolute Gasteiger partial charge is 0.314 e. The van der Waals surface area contributed by atoms with Gasteiger partial charge in [-0.25, -0.2) is 15.0 Å². The number of imidazole rings is 1. The van der Waals surface area contributed by atoms with Crippen LogP contribution in [0, 0.1) is 5.41 Å². The van der Waals surface area contributed by atoms with Crippen molar-refractivity contribution in [1.82, 2.24) is 24.3 Å². The van der Waals surface area contributed by atoms with Crippen LogP contribution in [0.3, 0.4) is 0 Å². The fourth-order valence-electron chi connectivity index (χ4n) is 4.89. The van der Waals surface area contributed by atoms with E-state index in [4.69, 9.17) is 4.74 Å². The fraction of sp³-hybridized carbons (Fsp3) is 0.421. The number of methoxy groups -OCH3 is 1. The van der Waals surface area contributed by atoms with Crippen LogP contribution in [0.5, 0.6) is 0 Å². The van der Waals surface area contributed by atoms with Crippen LogP contribution in [0.25, 0.3) is 5.78 Å². The summed E-state index contributed by atoms with van der Waals surface area (Å²) in [5.74, 6) is 0.0725. The van der Waals surface area contributed by atoms with Gasteiger partial charge in [-0.15, -0.1) is 11.3 Å². The molecule has 0 aromatic carbocycles. The van der Waals surface area contributed by atoms with Gasteiger partial charge in [-0.2, -0.15) is 0 Å². The maximum Gasteiger partial charge on any atom is 0.314 e. The Bertz CT molecular complexity index is 1020. The zero-order valence-corrected chi connectivity index (χ0v) is 16.1. The van der Waals surface area contributed by atoms with Crippen molar-refractivity contribution in [2.45, 2.75) is 37.8 Å². The van der Waals surface area contributed by atoms with Gasteiger partial charge in [-0.3, -0.25) is 14.0 Å². The van der Waals surface area contributed by atoms with Crippen LogP contribution in [-0.4, -0.2) is 55.3 Å². The number of rotatable bonds is 4. The number of hydrogen-bond donors (Lipinski definition) is 0. The number of ether oxygens (including phenoxy) is 1. The summed E-state index contributed by atoms with van der Waals surface area (Å²) in [4.78, 5) is 41.0. The Morgan fingerprint density at radius 3 is 3.00 bits per heavy atom. The van der Waals surface area contributed by atoms with E-state index in [2.05, 4.69) is 15.0 Å². The minimum Gasteiger partial charge on any atom is -0.469 e. The molecule has 5 rings (SSSR count). The van der Waals surface area contributed by atoms with E-state index in [1.54, 1.807) is 28.4 Å². The third kappa shape index (κ3) is 2.46. The molecule has 144 valence electrons. The van der Waals surface area contributed by atoms with Crippen LogP contribution < -0.4 is 0 Å². The molecular weight excluding hydrogens is 378 g/mol. The number of fused-ring (bicyclic) bond motifs is 3. The van der Waals surface area contributed by atoms with E-state index in [9.17, 15) is 9.59 Å². The zero-order chi connectivity index (χ0) is 19.3. The summed E-state index contributed by atoms with van der Waals surface area (Å²) in [6, 6.07) is 1.59. The van der Waals surface area contributed by atoms with Gasteiger partial charge in [0.05, 0.1) is 23.7 Å². The van der Waals surface area contributed by atoms with Crippen LogP contribution in [0.2, 0.25) is 0 Å². The molecule has 2 saturated heterocycles. The van der Waals surface area contributed by atoms with Crippen molar-refractivity contribution in [3.8, 4) is 0 Å². The lowest BCUT2D eigenvalue weighted by Gasteiger charge is -2.34. The van der Waals surface area contributed by atoms with E-state index >= 15 is 0 Å². The Morgan fingerprint density at radius 2 is 2.25 bits per heavy atom. The van der Waals surface area contributed by atoms with Gasteiger partial charge in [0.25, 0.3) is 5.91 Å². The van der Waals surface area contributed by atoms with E-state index < -0.39 is 5.41 Å². The third-order valence-corrected chi connectivity index (χ3v) is 6.64. The Hall–Kier alpha value is -2.81. The molecule has 0 unspecified atom stereocenters. The van der Waals surface area contributed by atoms with Crippen LogP contribution in [0.15, 0.2) is 35.5 Å². The van der Waals surface area contributed by atoms with E-state index in [1.807, 2.05) is 16.5 Å². The summed E-state index contributed by atoms with van der Waals surface area (Å²) in [6.45, 7) is 0. The van der Waals surface area contributed by atoms with Gasteiger partial charge in [0.15, 0.2) is 0 Å². The molecule has 0 aliphatic carbocycles. The molecule has 3 aromatic rings.